The third kappa shape index (κ3) is 9.29. The van der Waals surface area contributed by atoms with Crippen molar-refractivity contribution in [1.29, 1.82) is 0 Å². The van der Waals surface area contributed by atoms with Gasteiger partial charge in [-0.15, -0.1) is 0 Å². The molecule has 4 amide bonds. The van der Waals surface area contributed by atoms with Gasteiger partial charge < -0.3 is 26.0 Å². The molecule has 0 bridgehead atoms. The lowest BCUT2D eigenvalue weighted by Gasteiger charge is -2.35. The van der Waals surface area contributed by atoms with Crippen LogP contribution in [-0.4, -0.2) is 54.3 Å². The van der Waals surface area contributed by atoms with Gasteiger partial charge in [0, 0.05) is 28.9 Å². The SMILES string of the molecule is CCCC[C@H](NC(=O)O[C@@H](c1ccccc1)C(C)(C)c1cccc(Cl)c1)C(=O)N[C@@H](C[C@@H]1CCNC1=O)C(=O)C(=O)NC1CC1. The van der Waals surface area contributed by atoms with Gasteiger partial charge in [-0.25, -0.2) is 4.79 Å². The number of ketones is 1. The highest BCUT2D eigenvalue weighted by Gasteiger charge is 2.39. The molecule has 45 heavy (non-hydrogen) atoms. The Balaban J connectivity index is 1.52. The number of carbonyl (C=O) groups is 5. The van der Waals surface area contributed by atoms with E-state index in [9.17, 15) is 24.0 Å². The Hall–Kier alpha value is -3.92. The second-order valence-electron chi connectivity index (χ2n) is 12.5. The summed E-state index contributed by atoms with van der Waals surface area (Å²) >= 11 is 6.30. The van der Waals surface area contributed by atoms with Gasteiger partial charge in [-0.2, -0.15) is 0 Å². The number of halogens is 1. The molecule has 0 radical (unpaired) electrons. The zero-order valence-corrected chi connectivity index (χ0v) is 26.8. The molecule has 2 fully saturated rings. The molecule has 4 atom stereocenters. The number of nitrogens with one attached hydrogen (secondary N) is 4. The van der Waals surface area contributed by atoms with Crippen molar-refractivity contribution < 1.29 is 28.7 Å². The molecule has 1 heterocycles. The summed E-state index contributed by atoms with van der Waals surface area (Å²) in [5.74, 6) is -2.95. The molecule has 10 nitrogen and oxygen atoms in total. The van der Waals surface area contributed by atoms with Gasteiger partial charge in [0.05, 0.1) is 6.04 Å². The number of amides is 4. The molecule has 242 valence electrons. The minimum atomic E-state index is -1.22. The lowest BCUT2D eigenvalue weighted by Crippen LogP contribution is -2.55. The Kier molecular flexibility index (Phi) is 11.6. The molecule has 1 saturated carbocycles. The molecule has 0 aromatic heterocycles. The van der Waals surface area contributed by atoms with Gasteiger partial charge in [0.1, 0.15) is 12.1 Å². The molecule has 1 aliphatic heterocycles. The van der Waals surface area contributed by atoms with Crippen molar-refractivity contribution in [2.75, 3.05) is 6.54 Å². The van der Waals surface area contributed by atoms with Crippen molar-refractivity contribution >= 4 is 41.2 Å². The van der Waals surface area contributed by atoms with Crippen LogP contribution in [0.3, 0.4) is 0 Å². The van der Waals surface area contributed by atoms with E-state index < -0.39 is 53.2 Å². The van der Waals surface area contributed by atoms with E-state index >= 15 is 0 Å². The van der Waals surface area contributed by atoms with Gasteiger partial charge in [0.25, 0.3) is 5.91 Å². The molecule has 0 spiro atoms. The second-order valence-corrected chi connectivity index (χ2v) is 12.9. The molecular formula is C34H43ClN4O6. The van der Waals surface area contributed by atoms with Gasteiger partial charge in [0.2, 0.25) is 17.6 Å². The quantitative estimate of drug-likeness (QED) is 0.212. The number of rotatable bonds is 15. The van der Waals surface area contributed by atoms with Crippen molar-refractivity contribution in [2.24, 2.45) is 5.92 Å². The van der Waals surface area contributed by atoms with Crippen LogP contribution >= 0.6 is 11.6 Å². The first-order valence-electron chi connectivity index (χ1n) is 15.7. The maximum absolute atomic E-state index is 13.6. The van der Waals surface area contributed by atoms with Crippen molar-refractivity contribution in [1.82, 2.24) is 21.3 Å². The third-order valence-corrected chi connectivity index (χ3v) is 8.69. The second kappa shape index (κ2) is 15.4. The molecule has 4 N–H and O–H groups in total. The maximum atomic E-state index is 13.6. The van der Waals surface area contributed by atoms with Gasteiger partial charge in [-0.1, -0.05) is 87.7 Å². The Bertz CT molecular complexity index is 1380. The molecule has 0 unspecified atom stereocenters. The van der Waals surface area contributed by atoms with Gasteiger partial charge in [0.15, 0.2) is 0 Å². The fourth-order valence-corrected chi connectivity index (χ4v) is 5.75. The lowest BCUT2D eigenvalue weighted by atomic mass is 9.76. The number of hydrogen-bond acceptors (Lipinski definition) is 6. The van der Waals surface area contributed by atoms with Crippen molar-refractivity contribution in [3.05, 3.63) is 70.7 Å². The minimum Gasteiger partial charge on any atom is -0.440 e. The zero-order chi connectivity index (χ0) is 32.6. The largest absolute Gasteiger partial charge is 0.440 e. The van der Waals surface area contributed by atoms with E-state index in [-0.39, 0.29) is 24.8 Å². The summed E-state index contributed by atoms with van der Waals surface area (Å²) in [4.78, 5) is 65.3. The average molecular weight is 639 g/mol. The standard InChI is InChI=1S/C34H43ClN4O6/c1-4-5-14-26(31(42)38-27(19-22-17-18-36-30(22)41)28(40)32(43)37-25-15-16-25)39-33(44)45-29(21-10-7-6-8-11-21)34(2,3)23-12-9-13-24(35)20-23/h6-13,20,22,25-27,29H,4-5,14-19H2,1-3H3,(H,36,41)(H,37,43)(H,38,42)(H,39,44)/t22-,26-,27-,29-/m0/s1. The Morgan fingerprint density at radius 3 is 2.36 bits per heavy atom. The maximum Gasteiger partial charge on any atom is 0.408 e. The van der Waals surface area contributed by atoms with Crippen LogP contribution in [0.15, 0.2) is 54.6 Å². The predicted octanol–water partition coefficient (Wildman–Crippen LogP) is 4.50. The van der Waals surface area contributed by atoms with Crippen molar-refractivity contribution in [3.63, 3.8) is 0 Å². The summed E-state index contributed by atoms with van der Waals surface area (Å²) in [6, 6.07) is 14.4. The van der Waals surface area contributed by atoms with Crippen LogP contribution in [0.4, 0.5) is 4.79 Å². The van der Waals surface area contributed by atoms with Crippen LogP contribution in [0, 0.1) is 5.92 Å². The van der Waals surface area contributed by atoms with E-state index in [1.807, 2.05) is 69.3 Å². The molecule has 2 aromatic rings. The van der Waals surface area contributed by atoms with E-state index in [2.05, 4.69) is 21.3 Å². The highest BCUT2D eigenvalue weighted by molar-refractivity contribution is 6.38. The molecular weight excluding hydrogens is 596 g/mol. The van der Waals surface area contributed by atoms with E-state index in [0.29, 0.717) is 24.4 Å². The van der Waals surface area contributed by atoms with E-state index in [1.54, 1.807) is 6.07 Å². The number of unbranched alkanes of at least 4 members (excludes halogenated alkanes) is 1. The topological polar surface area (TPSA) is 143 Å². The predicted molar refractivity (Wildman–Crippen MR) is 170 cm³/mol. The first kappa shape index (κ1) is 34.0. The molecule has 2 aromatic carbocycles. The first-order chi connectivity index (χ1) is 21.5. The summed E-state index contributed by atoms with van der Waals surface area (Å²) in [7, 11) is 0. The monoisotopic (exact) mass is 638 g/mol. The molecule has 2 aliphatic rings. The van der Waals surface area contributed by atoms with Crippen LogP contribution in [0.25, 0.3) is 0 Å². The molecule has 4 rings (SSSR count). The molecule has 11 heteroatoms. The van der Waals surface area contributed by atoms with Crippen LogP contribution in [0.5, 0.6) is 0 Å². The van der Waals surface area contributed by atoms with Crippen molar-refractivity contribution in [2.45, 2.75) is 95.4 Å². The number of benzene rings is 2. The highest BCUT2D eigenvalue weighted by atomic mass is 35.5. The Labute approximate surface area is 269 Å². The van der Waals surface area contributed by atoms with Crippen LogP contribution < -0.4 is 21.3 Å². The van der Waals surface area contributed by atoms with E-state index in [4.69, 9.17) is 16.3 Å². The third-order valence-electron chi connectivity index (χ3n) is 8.46. The van der Waals surface area contributed by atoms with Crippen LogP contribution in [0.1, 0.15) is 82.9 Å². The number of ether oxygens (including phenoxy) is 1. The average Bonchev–Trinajstić information content (AvgIpc) is 3.75. The number of alkyl carbamates (subject to hydrolysis) is 1. The number of hydrogen-bond donors (Lipinski definition) is 4. The lowest BCUT2D eigenvalue weighted by molar-refractivity contribution is -0.141. The van der Waals surface area contributed by atoms with E-state index in [1.165, 1.54) is 0 Å². The normalized spacial score (nSPS) is 18.2. The molecule has 1 saturated heterocycles. The van der Waals surface area contributed by atoms with Crippen LogP contribution in [0.2, 0.25) is 5.02 Å². The summed E-state index contributed by atoms with van der Waals surface area (Å²) in [5.41, 5.74) is 0.909. The van der Waals surface area contributed by atoms with E-state index in [0.717, 1.165) is 30.4 Å². The zero-order valence-electron chi connectivity index (χ0n) is 26.1. The minimum absolute atomic E-state index is 0.0106. The number of carbonyl (C=O) groups excluding carboxylic acids is 5. The molecule has 1 aliphatic carbocycles. The summed E-state index contributed by atoms with van der Waals surface area (Å²) in [6.07, 6.45) is 2.18. The first-order valence-corrected chi connectivity index (χ1v) is 16.1. The van der Waals surface area contributed by atoms with Gasteiger partial charge in [-0.05, 0) is 55.4 Å². The summed E-state index contributed by atoms with van der Waals surface area (Å²) in [6.45, 7) is 6.33. The van der Waals surface area contributed by atoms with Crippen molar-refractivity contribution in [3.8, 4) is 0 Å². The smallest absolute Gasteiger partial charge is 0.408 e. The Morgan fingerprint density at radius 1 is 1.00 bits per heavy atom. The summed E-state index contributed by atoms with van der Waals surface area (Å²) in [5, 5.41) is 11.4. The fourth-order valence-electron chi connectivity index (χ4n) is 5.56. The summed E-state index contributed by atoms with van der Waals surface area (Å²) < 4.78 is 6.06. The van der Waals surface area contributed by atoms with Crippen LogP contribution in [-0.2, 0) is 29.3 Å². The highest BCUT2D eigenvalue weighted by Crippen LogP contribution is 2.40. The Morgan fingerprint density at radius 2 is 1.73 bits per heavy atom. The number of Topliss-reactive ketones (excluding diaryl/α,β-unsaturated/α-hetero) is 1. The van der Waals surface area contributed by atoms with Gasteiger partial charge in [-0.3, -0.25) is 19.2 Å². The fraction of sp³-hybridized carbons (Fsp3) is 0.500. The van der Waals surface area contributed by atoms with Gasteiger partial charge >= 0.3 is 6.09 Å².